The second-order valence-corrected chi connectivity index (χ2v) is 6.41. The molecule has 0 saturated heterocycles. The van der Waals surface area contributed by atoms with Crippen LogP contribution in [0.25, 0.3) is 10.6 Å². The van der Waals surface area contributed by atoms with Crippen molar-refractivity contribution in [2.75, 3.05) is 27.2 Å². The van der Waals surface area contributed by atoms with Crippen molar-refractivity contribution < 1.29 is 13.2 Å². The van der Waals surface area contributed by atoms with Crippen LogP contribution in [0.2, 0.25) is 0 Å². The number of halogens is 3. The Morgan fingerprint density at radius 2 is 1.87 bits per heavy atom. The summed E-state index contributed by atoms with van der Waals surface area (Å²) in [6.45, 7) is 2.61. The highest BCUT2D eigenvalue weighted by atomic mass is 32.1. The van der Waals surface area contributed by atoms with E-state index in [9.17, 15) is 13.2 Å². The summed E-state index contributed by atoms with van der Waals surface area (Å²) in [5.41, 5.74) is 0.984. The Kier molecular flexibility index (Phi) is 6.15. The van der Waals surface area contributed by atoms with Crippen LogP contribution in [0, 0.1) is 0 Å². The Morgan fingerprint density at radius 1 is 1.17 bits per heavy atom. The lowest BCUT2D eigenvalue weighted by Gasteiger charge is -2.09. The lowest BCUT2D eigenvalue weighted by atomic mass is 10.1. The highest BCUT2D eigenvalue weighted by Crippen LogP contribution is 2.31. The third-order valence-electron chi connectivity index (χ3n) is 3.28. The Hall–Kier alpha value is -1.44. The van der Waals surface area contributed by atoms with Gasteiger partial charge in [0.1, 0.15) is 5.01 Å². The molecule has 7 heteroatoms. The van der Waals surface area contributed by atoms with Gasteiger partial charge in [-0.25, -0.2) is 4.98 Å². The van der Waals surface area contributed by atoms with E-state index in [2.05, 4.69) is 15.2 Å². The molecule has 0 unspecified atom stereocenters. The lowest BCUT2D eigenvalue weighted by molar-refractivity contribution is -0.137. The zero-order chi connectivity index (χ0) is 16.9. The summed E-state index contributed by atoms with van der Waals surface area (Å²) in [6.07, 6.45) is -3.24. The Bertz CT molecular complexity index is 606. The van der Waals surface area contributed by atoms with Gasteiger partial charge in [0, 0.05) is 17.5 Å². The third-order valence-corrected chi connectivity index (χ3v) is 4.22. The molecule has 3 nitrogen and oxygen atoms in total. The highest BCUT2D eigenvalue weighted by Gasteiger charge is 2.30. The molecular formula is C16H20F3N3S. The van der Waals surface area contributed by atoms with Crippen molar-refractivity contribution in [3.63, 3.8) is 0 Å². The Morgan fingerprint density at radius 3 is 2.48 bits per heavy atom. The summed E-state index contributed by atoms with van der Waals surface area (Å²) in [5.74, 6) is 0. The van der Waals surface area contributed by atoms with Gasteiger partial charge in [0.2, 0.25) is 0 Å². The normalized spacial score (nSPS) is 12.1. The molecule has 0 aliphatic rings. The molecule has 0 aliphatic carbocycles. The zero-order valence-electron chi connectivity index (χ0n) is 13.2. The van der Waals surface area contributed by atoms with Crippen LogP contribution < -0.4 is 5.32 Å². The third kappa shape index (κ3) is 5.60. The summed E-state index contributed by atoms with van der Waals surface area (Å²) in [4.78, 5) is 6.60. The van der Waals surface area contributed by atoms with Gasteiger partial charge in [-0.2, -0.15) is 13.2 Å². The van der Waals surface area contributed by atoms with Gasteiger partial charge >= 0.3 is 6.18 Å². The molecule has 0 radical (unpaired) electrons. The minimum Gasteiger partial charge on any atom is -0.311 e. The number of nitrogens with zero attached hydrogens (tertiary/aromatic N) is 2. The number of aromatic nitrogens is 1. The quantitative estimate of drug-likeness (QED) is 0.774. The molecule has 126 valence electrons. The van der Waals surface area contributed by atoms with Gasteiger partial charge in [0.25, 0.3) is 0 Å². The van der Waals surface area contributed by atoms with E-state index < -0.39 is 11.7 Å². The van der Waals surface area contributed by atoms with E-state index in [1.54, 1.807) is 0 Å². The molecule has 2 rings (SSSR count). The van der Waals surface area contributed by atoms with E-state index >= 15 is 0 Å². The second-order valence-electron chi connectivity index (χ2n) is 5.55. The van der Waals surface area contributed by atoms with Crippen LogP contribution in [0.1, 0.15) is 17.7 Å². The van der Waals surface area contributed by atoms with Gasteiger partial charge in [-0.15, -0.1) is 11.3 Å². The average Bonchev–Trinajstić information content (AvgIpc) is 2.95. The van der Waals surface area contributed by atoms with E-state index in [0.717, 1.165) is 42.3 Å². The van der Waals surface area contributed by atoms with Crippen LogP contribution in [0.5, 0.6) is 0 Å². The number of nitrogens with one attached hydrogen (secondary N) is 1. The van der Waals surface area contributed by atoms with Gasteiger partial charge < -0.3 is 10.2 Å². The van der Waals surface area contributed by atoms with Crippen LogP contribution in [0.4, 0.5) is 13.2 Å². The first kappa shape index (κ1) is 17.9. The summed E-state index contributed by atoms with van der Waals surface area (Å²) in [6, 6.07) is 5.12. The van der Waals surface area contributed by atoms with E-state index in [0.29, 0.717) is 12.1 Å². The molecule has 0 saturated carbocycles. The summed E-state index contributed by atoms with van der Waals surface area (Å²) in [7, 11) is 4.08. The van der Waals surface area contributed by atoms with Crippen molar-refractivity contribution in [2.45, 2.75) is 19.1 Å². The molecule has 0 fully saturated rings. The topological polar surface area (TPSA) is 28.2 Å². The van der Waals surface area contributed by atoms with Crippen molar-refractivity contribution in [1.82, 2.24) is 15.2 Å². The van der Waals surface area contributed by atoms with Crippen molar-refractivity contribution in [3.8, 4) is 10.6 Å². The number of alkyl halides is 3. The predicted molar refractivity (Wildman–Crippen MR) is 87.4 cm³/mol. The number of hydrogen-bond acceptors (Lipinski definition) is 4. The Labute approximate surface area is 138 Å². The smallest absolute Gasteiger partial charge is 0.311 e. The van der Waals surface area contributed by atoms with Gasteiger partial charge in [0.15, 0.2) is 0 Å². The van der Waals surface area contributed by atoms with Gasteiger partial charge in [-0.3, -0.25) is 0 Å². The minimum absolute atomic E-state index is 0.638. The fourth-order valence-electron chi connectivity index (χ4n) is 2.06. The van der Waals surface area contributed by atoms with Crippen LogP contribution in [-0.4, -0.2) is 37.1 Å². The van der Waals surface area contributed by atoms with Crippen LogP contribution >= 0.6 is 11.3 Å². The molecule has 1 N–H and O–H groups in total. The molecule has 0 bridgehead atoms. The average molecular weight is 343 g/mol. The molecular weight excluding hydrogens is 323 g/mol. The number of hydrogen-bond donors (Lipinski definition) is 1. The van der Waals surface area contributed by atoms with E-state index in [4.69, 9.17) is 0 Å². The maximum Gasteiger partial charge on any atom is 0.416 e. The van der Waals surface area contributed by atoms with E-state index in [-0.39, 0.29) is 0 Å². The largest absolute Gasteiger partial charge is 0.416 e. The highest BCUT2D eigenvalue weighted by molar-refractivity contribution is 7.13. The molecule has 1 heterocycles. The monoisotopic (exact) mass is 343 g/mol. The minimum atomic E-state index is -4.30. The van der Waals surface area contributed by atoms with Crippen molar-refractivity contribution in [3.05, 3.63) is 40.9 Å². The fourth-order valence-corrected chi connectivity index (χ4v) is 2.89. The maximum atomic E-state index is 12.6. The van der Waals surface area contributed by atoms with E-state index in [1.165, 1.54) is 23.5 Å². The lowest BCUT2D eigenvalue weighted by Crippen LogP contribution is -2.21. The van der Waals surface area contributed by atoms with Crippen LogP contribution in [-0.2, 0) is 12.7 Å². The first-order chi connectivity index (χ1) is 10.9. The Balaban J connectivity index is 1.89. The molecule has 0 spiro atoms. The molecule has 23 heavy (non-hydrogen) atoms. The standard InChI is InChI=1S/C16H20F3N3S/c1-22(2)9-3-8-20-10-14-11-23-15(21-14)12-4-6-13(7-5-12)16(17,18)19/h4-7,11,20H,3,8-10H2,1-2H3. The van der Waals surface area contributed by atoms with Crippen molar-refractivity contribution in [2.24, 2.45) is 0 Å². The van der Waals surface area contributed by atoms with Gasteiger partial charge in [-0.1, -0.05) is 12.1 Å². The number of rotatable bonds is 7. The molecule has 2 aromatic rings. The van der Waals surface area contributed by atoms with Crippen molar-refractivity contribution in [1.29, 1.82) is 0 Å². The summed E-state index contributed by atoms with van der Waals surface area (Å²) in [5, 5.41) is 6.00. The number of thiazole rings is 1. The first-order valence-electron chi connectivity index (χ1n) is 7.34. The van der Waals surface area contributed by atoms with Crippen LogP contribution in [0.15, 0.2) is 29.6 Å². The van der Waals surface area contributed by atoms with Crippen LogP contribution in [0.3, 0.4) is 0 Å². The fraction of sp³-hybridized carbons (Fsp3) is 0.438. The predicted octanol–water partition coefficient (Wildman–Crippen LogP) is 3.87. The zero-order valence-corrected chi connectivity index (χ0v) is 14.0. The molecule has 1 aromatic heterocycles. The molecule has 0 aliphatic heterocycles. The summed E-state index contributed by atoms with van der Waals surface area (Å²) < 4.78 is 37.7. The van der Waals surface area contributed by atoms with Crippen molar-refractivity contribution >= 4 is 11.3 Å². The second kappa shape index (κ2) is 7.90. The van der Waals surface area contributed by atoms with E-state index in [1.807, 2.05) is 19.5 Å². The first-order valence-corrected chi connectivity index (χ1v) is 8.21. The maximum absolute atomic E-state index is 12.6. The summed E-state index contributed by atoms with van der Waals surface area (Å²) >= 11 is 1.44. The SMILES string of the molecule is CN(C)CCCNCc1csc(-c2ccc(C(F)(F)F)cc2)n1. The van der Waals surface area contributed by atoms with Gasteiger partial charge in [-0.05, 0) is 45.7 Å². The van der Waals surface area contributed by atoms with Gasteiger partial charge in [0.05, 0.1) is 11.3 Å². The molecule has 1 aromatic carbocycles. The molecule has 0 atom stereocenters. The number of benzene rings is 1. The molecule has 0 amide bonds.